The molecule has 0 amide bonds. The monoisotopic (exact) mass is 229 g/mol. The molecule has 1 aromatic rings. The van der Waals surface area contributed by atoms with E-state index >= 15 is 0 Å². The van der Waals surface area contributed by atoms with E-state index in [0.717, 1.165) is 16.6 Å². The number of aliphatic hydroxyl groups is 1. The second-order valence-corrected chi connectivity index (χ2v) is 3.55. The van der Waals surface area contributed by atoms with Crippen molar-refractivity contribution in [2.75, 3.05) is 0 Å². The highest BCUT2D eigenvalue weighted by Crippen LogP contribution is 2.15. The third kappa shape index (κ3) is 2.57. The highest BCUT2D eigenvalue weighted by Gasteiger charge is 2.06. The average Bonchev–Trinajstić information content (AvgIpc) is 2.09. The zero-order chi connectivity index (χ0) is 8.97. The van der Waals surface area contributed by atoms with Crippen LogP contribution in [0.25, 0.3) is 0 Å². The molecule has 2 nitrogen and oxygen atoms in total. The Morgan fingerprint density at radius 1 is 1.67 bits per heavy atom. The Morgan fingerprint density at radius 3 is 3.00 bits per heavy atom. The normalized spacial score (nSPS) is 12.9. The quantitative estimate of drug-likeness (QED) is 0.863. The van der Waals surface area contributed by atoms with Crippen LogP contribution in [0.4, 0.5) is 0 Å². The fourth-order valence-corrected chi connectivity index (χ4v) is 1.35. The van der Waals surface area contributed by atoms with Gasteiger partial charge in [0.05, 0.1) is 11.8 Å². The van der Waals surface area contributed by atoms with E-state index in [-0.39, 0.29) is 6.10 Å². The summed E-state index contributed by atoms with van der Waals surface area (Å²) in [4.78, 5) is 4.16. The van der Waals surface area contributed by atoms with Crippen LogP contribution in [0.5, 0.6) is 0 Å². The molecule has 1 heterocycles. The van der Waals surface area contributed by atoms with Gasteiger partial charge >= 0.3 is 0 Å². The molecule has 0 aromatic carbocycles. The molecule has 1 rings (SSSR count). The van der Waals surface area contributed by atoms with Crippen molar-refractivity contribution in [3.05, 3.63) is 28.5 Å². The van der Waals surface area contributed by atoms with Gasteiger partial charge < -0.3 is 5.11 Å². The lowest BCUT2D eigenvalue weighted by Gasteiger charge is -2.07. The molecule has 1 unspecified atom stereocenters. The van der Waals surface area contributed by atoms with Crippen molar-refractivity contribution in [2.45, 2.75) is 25.9 Å². The van der Waals surface area contributed by atoms with E-state index in [1.165, 1.54) is 0 Å². The molecule has 0 aliphatic carbocycles. The Bertz CT molecular complexity index is 252. The number of hydrogen-bond donors (Lipinski definition) is 1. The van der Waals surface area contributed by atoms with Gasteiger partial charge in [-0.1, -0.05) is 6.92 Å². The van der Waals surface area contributed by atoms with Gasteiger partial charge in [-0.15, -0.1) is 0 Å². The molecule has 1 N–H and O–H groups in total. The van der Waals surface area contributed by atoms with Crippen LogP contribution >= 0.6 is 15.9 Å². The van der Waals surface area contributed by atoms with Crippen LogP contribution in [0.3, 0.4) is 0 Å². The molecular formula is C9H12BrNO. The first-order valence-corrected chi connectivity index (χ1v) is 4.80. The molecule has 0 aliphatic heterocycles. The zero-order valence-electron chi connectivity index (χ0n) is 7.00. The van der Waals surface area contributed by atoms with Crippen LogP contribution in [0.1, 0.15) is 19.0 Å². The second kappa shape index (κ2) is 4.58. The highest BCUT2D eigenvalue weighted by molar-refractivity contribution is 9.10. The standard InChI is InChI=1S/C9H12BrNO/c1-2-7(12)6-9-8(10)4-3-5-11-9/h3-5,7,12H,2,6H2,1H3. The van der Waals surface area contributed by atoms with Crippen LogP contribution in [-0.4, -0.2) is 16.2 Å². The third-order valence-corrected chi connectivity index (χ3v) is 2.46. The fourth-order valence-electron chi connectivity index (χ4n) is 0.936. The lowest BCUT2D eigenvalue weighted by Crippen LogP contribution is -2.09. The van der Waals surface area contributed by atoms with Crippen LogP contribution in [0.2, 0.25) is 0 Å². The summed E-state index contributed by atoms with van der Waals surface area (Å²) in [5.41, 5.74) is 0.923. The van der Waals surface area contributed by atoms with E-state index in [2.05, 4.69) is 20.9 Å². The van der Waals surface area contributed by atoms with Crippen molar-refractivity contribution >= 4 is 15.9 Å². The lowest BCUT2D eigenvalue weighted by molar-refractivity contribution is 0.169. The van der Waals surface area contributed by atoms with Gasteiger partial charge in [-0.3, -0.25) is 4.98 Å². The fraction of sp³-hybridized carbons (Fsp3) is 0.444. The molecular weight excluding hydrogens is 218 g/mol. The third-order valence-electron chi connectivity index (χ3n) is 1.73. The molecule has 0 spiro atoms. The van der Waals surface area contributed by atoms with E-state index < -0.39 is 0 Å². The molecule has 0 radical (unpaired) electrons. The van der Waals surface area contributed by atoms with Crippen molar-refractivity contribution in [3.8, 4) is 0 Å². The van der Waals surface area contributed by atoms with Gasteiger partial charge in [-0.25, -0.2) is 0 Å². The number of nitrogens with zero attached hydrogens (tertiary/aromatic N) is 1. The summed E-state index contributed by atoms with van der Waals surface area (Å²) < 4.78 is 0.970. The maximum atomic E-state index is 9.37. The molecule has 0 aliphatic rings. The van der Waals surface area contributed by atoms with E-state index in [0.29, 0.717) is 6.42 Å². The van der Waals surface area contributed by atoms with Crippen molar-refractivity contribution in [1.29, 1.82) is 0 Å². The smallest absolute Gasteiger partial charge is 0.0593 e. The predicted octanol–water partition coefficient (Wildman–Crippen LogP) is 2.16. The summed E-state index contributed by atoms with van der Waals surface area (Å²) in [6, 6.07) is 3.80. The Morgan fingerprint density at radius 2 is 2.42 bits per heavy atom. The largest absolute Gasteiger partial charge is 0.393 e. The maximum absolute atomic E-state index is 9.37. The number of aliphatic hydroxyl groups excluding tert-OH is 1. The first-order valence-electron chi connectivity index (χ1n) is 4.01. The highest BCUT2D eigenvalue weighted by atomic mass is 79.9. The minimum Gasteiger partial charge on any atom is -0.393 e. The lowest BCUT2D eigenvalue weighted by atomic mass is 10.1. The van der Waals surface area contributed by atoms with Crippen LogP contribution in [0, 0.1) is 0 Å². The molecule has 0 fully saturated rings. The van der Waals surface area contributed by atoms with E-state index in [1.54, 1.807) is 6.20 Å². The van der Waals surface area contributed by atoms with Crippen LogP contribution < -0.4 is 0 Å². The average molecular weight is 230 g/mol. The minimum absolute atomic E-state index is 0.281. The van der Waals surface area contributed by atoms with Crippen LogP contribution in [-0.2, 0) is 6.42 Å². The van der Waals surface area contributed by atoms with Gasteiger partial charge in [-0.05, 0) is 34.5 Å². The summed E-state index contributed by atoms with van der Waals surface area (Å²) >= 11 is 3.38. The summed E-state index contributed by atoms with van der Waals surface area (Å²) in [7, 11) is 0. The SMILES string of the molecule is CCC(O)Cc1ncccc1Br. The summed E-state index contributed by atoms with van der Waals surface area (Å²) in [6.45, 7) is 1.96. The molecule has 0 saturated carbocycles. The Balaban J connectivity index is 2.69. The number of pyridine rings is 1. The van der Waals surface area contributed by atoms with Crippen molar-refractivity contribution in [2.24, 2.45) is 0 Å². The molecule has 66 valence electrons. The van der Waals surface area contributed by atoms with Crippen molar-refractivity contribution in [1.82, 2.24) is 4.98 Å². The number of rotatable bonds is 3. The van der Waals surface area contributed by atoms with E-state index in [9.17, 15) is 5.11 Å². The zero-order valence-corrected chi connectivity index (χ0v) is 8.58. The molecule has 1 atom stereocenters. The number of aromatic nitrogens is 1. The summed E-state index contributed by atoms with van der Waals surface area (Å²) in [5, 5.41) is 9.37. The van der Waals surface area contributed by atoms with Crippen LogP contribution in [0.15, 0.2) is 22.8 Å². The van der Waals surface area contributed by atoms with Crippen molar-refractivity contribution < 1.29 is 5.11 Å². The van der Waals surface area contributed by atoms with Gasteiger partial charge in [0.15, 0.2) is 0 Å². The van der Waals surface area contributed by atoms with E-state index in [1.807, 2.05) is 19.1 Å². The number of hydrogen-bond acceptors (Lipinski definition) is 2. The second-order valence-electron chi connectivity index (χ2n) is 2.70. The molecule has 1 aromatic heterocycles. The molecule has 0 saturated heterocycles. The minimum atomic E-state index is -0.281. The maximum Gasteiger partial charge on any atom is 0.0593 e. The Labute approximate surface area is 80.8 Å². The molecule has 0 bridgehead atoms. The number of halogens is 1. The predicted molar refractivity (Wildman–Crippen MR) is 51.9 cm³/mol. The molecule has 3 heteroatoms. The van der Waals surface area contributed by atoms with E-state index in [4.69, 9.17) is 0 Å². The van der Waals surface area contributed by atoms with Crippen molar-refractivity contribution in [3.63, 3.8) is 0 Å². The Kier molecular flexibility index (Phi) is 3.69. The summed E-state index contributed by atoms with van der Waals surface area (Å²) in [5.74, 6) is 0. The van der Waals surface area contributed by atoms with Gasteiger partial charge in [0.1, 0.15) is 0 Å². The summed E-state index contributed by atoms with van der Waals surface area (Å²) in [6.07, 6.45) is 2.85. The Hall–Kier alpha value is -0.410. The first-order chi connectivity index (χ1) is 5.74. The molecule has 12 heavy (non-hydrogen) atoms. The topological polar surface area (TPSA) is 33.1 Å². The van der Waals surface area contributed by atoms with Gasteiger partial charge in [0.2, 0.25) is 0 Å². The van der Waals surface area contributed by atoms with Gasteiger partial charge in [0, 0.05) is 17.1 Å². The first kappa shape index (κ1) is 9.68. The van der Waals surface area contributed by atoms with Gasteiger partial charge in [0.25, 0.3) is 0 Å². The van der Waals surface area contributed by atoms with Gasteiger partial charge in [-0.2, -0.15) is 0 Å².